The first-order chi connectivity index (χ1) is 24.5. The van der Waals surface area contributed by atoms with Gasteiger partial charge in [0.05, 0.1) is 48.1 Å². The van der Waals surface area contributed by atoms with Crippen LogP contribution in [0.15, 0.2) is 30.1 Å². The van der Waals surface area contributed by atoms with E-state index in [2.05, 4.69) is 14.9 Å². The molecule has 15 heteroatoms. The highest BCUT2D eigenvalue weighted by molar-refractivity contribution is 5.92. The molecule has 51 heavy (non-hydrogen) atoms. The Labute approximate surface area is 293 Å². The average molecular weight is 711 g/mol. The van der Waals surface area contributed by atoms with E-state index in [0.29, 0.717) is 61.7 Å². The fraction of sp³-hybridized carbons (Fsp3) is 0.556. The highest BCUT2D eigenvalue weighted by atomic mass is 19.4. The summed E-state index contributed by atoms with van der Waals surface area (Å²) in [6.07, 6.45) is 0.264. The first kappa shape index (κ1) is 33.9. The number of benzene rings is 1. The zero-order chi connectivity index (χ0) is 35.5. The minimum absolute atomic E-state index is 0.0163. The number of nitrogens with zero attached hydrogens (tertiary/aromatic N) is 7. The fourth-order valence-corrected chi connectivity index (χ4v) is 8.72. The second-order valence-corrected chi connectivity index (χ2v) is 14.6. The van der Waals surface area contributed by atoms with Crippen molar-refractivity contribution in [3.8, 4) is 6.01 Å². The van der Waals surface area contributed by atoms with Crippen LogP contribution >= 0.6 is 0 Å². The number of hydrogen-bond donors (Lipinski definition) is 1. The molecule has 0 unspecified atom stereocenters. The third-order valence-corrected chi connectivity index (χ3v) is 11.1. The number of hydrogen-bond acceptors (Lipinski definition) is 9. The lowest BCUT2D eigenvalue weighted by molar-refractivity contribution is -0.140. The highest BCUT2D eigenvalue weighted by Gasteiger charge is 2.47. The zero-order valence-electron chi connectivity index (χ0n) is 28.6. The van der Waals surface area contributed by atoms with Crippen molar-refractivity contribution in [3.63, 3.8) is 0 Å². The van der Waals surface area contributed by atoms with Crippen LogP contribution in [0.4, 0.5) is 29.1 Å². The molecule has 1 aromatic carbocycles. The number of alkyl halides is 3. The molecule has 2 atom stereocenters. The van der Waals surface area contributed by atoms with E-state index in [0.717, 1.165) is 63.0 Å². The predicted octanol–water partition coefficient (Wildman–Crippen LogP) is 5.51. The highest BCUT2D eigenvalue weighted by Crippen LogP contribution is 2.44. The summed E-state index contributed by atoms with van der Waals surface area (Å²) in [5, 5.41) is 4.67. The van der Waals surface area contributed by atoms with Crippen molar-refractivity contribution in [3.05, 3.63) is 69.4 Å². The molecule has 1 amide bonds. The lowest BCUT2D eigenvalue weighted by Crippen LogP contribution is -2.43. The van der Waals surface area contributed by atoms with E-state index in [9.17, 15) is 22.4 Å². The minimum atomic E-state index is -4.60. The predicted molar refractivity (Wildman–Crippen MR) is 180 cm³/mol. The van der Waals surface area contributed by atoms with Crippen molar-refractivity contribution in [2.24, 2.45) is 0 Å². The molecule has 0 bridgehead atoms. The van der Waals surface area contributed by atoms with Gasteiger partial charge in [-0.1, -0.05) is 0 Å². The largest absolute Gasteiger partial charge is 0.461 e. The van der Waals surface area contributed by atoms with Crippen LogP contribution in [-0.4, -0.2) is 80.3 Å². The van der Waals surface area contributed by atoms with Gasteiger partial charge in [0.1, 0.15) is 12.4 Å². The van der Waals surface area contributed by atoms with E-state index in [1.807, 2.05) is 15.6 Å². The number of ether oxygens (including phenoxy) is 2. The van der Waals surface area contributed by atoms with Gasteiger partial charge in [-0.15, -0.1) is 0 Å². The maximum absolute atomic E-state index is 14.4. The maximum Gasteiger partial charge on any atom is 0.417 e. The standard InChI is InChI=1S/C36H42F4N8O3/c1-22-12-24(41)13-26(31(22)36(38,39)40)30-15-28-27(20-50-30)32(43-34(42-28)51-21-35-6-4-10-47(35)18-23(16-35)17-37)46-9-5-11-48-25(19-46)14-29(44-48)33(49)45-7-2-3-8-45/h12-14,17,30H,2-11,15-16,18-21,41H2,1H3/b23-17-/t30-,35-/m0/s1. The van der Waals surface area contributed by atoms with E-state index in [4.69, 9.17) is 25.2 Å². The lowest BCUT2D eigenvalue weighted by Gasteiger charge is -2.33. The molecular formula is C36H42F4N8O3. The Morgan fingerprint density at radius 2 is 1.90 bits per heavy atom. The van der Waals surface area contributed by atoms with Crippen molar-refractivity contribution >= 4 is 17.4 Å². The molecule has 11 nitrogen and oxygen atoms in total. The molecule has 0 aliphatic carbocycles. The van der Waals surface area contributed by atoms with Crippen molar-refractivity contribution in [2.45, 2.75) is 89.4 Å². The molecule has 272 valence electrons. The van der Waals surface area contributed by atoms with Crippen LogP contribution in [0.1, 0.15) is 88.8 Å². The number of likely N-dealkylation sites (tertiary alicyclic amines) is 1. The number of carbonyl (C=O) groups excluding carboxylic acids is 1. The number of anilines is 2. The van der Waals surface area contributed by atoms with Crippen molar-refractivity contribution in [2.75, 3.05) is 50.0 Å². The smallest absolute Gasteiger partial charge is 0.417 e. The third-order valence-electron chi connectivity index (χ3n) is 11.1. The van der Waals surface area contributed by atoms with Gasteiger partial charge < -0.3 is 25.0 Å². The van der Waals surface area contributed by atoms with Crippen molar-refractivity contribution in [1.82, 2.24) is 29.5 Å². The molecule has 5 aliphatic heterocycles. The average Bonchev–Trinajstić information content (AvgIpc) is 3.88. The van der Waals surface area contributed by atoms with Crippen LogP contribution in [0.5, 0.6) is 6.01 Å². The number of nitrogens with two attached hydrogens (primary N) is 1. The number of fused-ring (bicyclic) bond motifs is 3. The van der Waals surface area contributed by atoms with Gasteiger partial charge in [0.25, 0.3) is 5.91 Å². The second-order valence-electron chi connectivity index (χ2n) is 14.6. The van der Waals surface area contributed by atoms with E-state index >= 15 is 0 Å². The van der Waals surface area contributed by atoms with Crippen LogP contribution in [-0.2, 0) is 37.0 Å². The van der Waals surface area contributed by atoms with Crippen LogP contribution in [0.3, 0.4) is 0 Å². The van der Waals surface area contributed by atoms with Gasteiger partial charge in [0.2, 0.25) is 0 Å². The molecule has 0 spiro atoms. The lowest BCUT2D eigenvalue weighted by atomic mass is 9.92. The molecule has 0 radical (unpaired) electrons. The first-order valence-electron chi connectivity index (χ1n) is 17.8. The van der Waals surface area contributed by atoms with Crippen LogP contribution < -0.4 is 15.4 Å². The Balaban J connectivity index is 1.14. The molecular weight excluding hydrogens is 668 g/mol. The third kappa shape index (κ3) is 6.32. The molecule has 2 aromatic heterocycles. The Morgan fingerprint density at radius 3 is 2.69 bits per heavy atom. The summed E-state index contributed by atoms with van der Waals surface area (Å²) < 4.78 is 71.1. The SMILES string of the molecule is Cc1cc(N)cc([C@@H]2Cc3nc(OC[C@@]45CCCN4C/C(=C\F)C5)nc(N4CCCn5nc(C(=O)N6CCCC6)cc5C4)c3CO2)c1C(F)(F)F. The molecule has 8 rings (SSSR count). The summed E-state index contributed by atoms with van der Waals surface area (Å²) in [6, 6.07) is 4.63. The Bertz CT molecular complexity index is 1870. The first-order valence-corrected chi connectivity index (χ1v) is 17.8. The van der Waals surface area contributed by atoms with Crippen LogP contribution in [0.2, 0.25) is 0 Å². The zero-order valence-corrected chi connectivity index (χ0v) is 28.6. The van der Waals surface area contributed by atoms with Crippen molar-refractivity contribution < 1.29 is 31.8 Å². The molecule has 3 saturated heterocycles. The molecule has 7 heterocycles. The number of aromatic nitrogens is 4. The van der Waals surface area contributed by atoms with E-state index in [-0.39, 0.29) is 53.9 Å². The summed E-state index contributed by atoms with van der Waals surface area (Å²) in [4.78, 5) is 29.1. The number of aryl methyl sites for hydroxylation is 2. The molecule has 3 aromatic rings. The van der Waals surface area contributed by atoms with Gasteiger partial charge >= 0.3 is 12.2 Å². The summed E-state index contributed by atoms with van der Waals surface area (Å²) >= 11 is 0. The summed E-state index contributed by atoms with van der Waals surface area (Å²) in [6.45, 7) is 6.14. The van der Waals surface area contributed by atoms with Gasteiger partial charge in [0.15, 0.2) is 5.69 Å². The van der Waals surface area contributed by atoms with Gasteiger partial charge in [-0.05, 0) is 86.9 Å². The Hall–Kier alpha value is -4.24. The summed E-state index contributed by atoms with van der Waals surface area (Å²) in [7, 11) is 0. The minimum Gasteiger partial charge on any atom is -0.461 e. The molecule has 0 saturated carbocycles. The van der Waals surface area contributed by atoms with E-state index < -0.39 is 17.8 Å². The van der Waals surface area contributed by atoms with Gasteiger partial charge in [-0.3, -0.25) is 14.4 Å². The number of halogens is 4. The van der Waals surface area contributed by atoms with E-state index in [1.54, 1.807) is 0 Å². The fourth-order valence-electron chi connectivity index (χ4n) is 8.72. The number of amides is 1. The monoisotopic (exact) mass is 710 g/mol. The summed E-state index contributed by atoms with van der Waals surface area (Å²) in [5.74, 6) is 0.508. The number of carbonyl (C=O) groups is 1. The molecule has 2 N–H and O–H groups in total. The van der Waals surface area contributed by atoms with Gasteiger partial charge in [-0.25, -0.2) is 4.39 Å². The maximum atomic E-state index is 14.4. The molecule has 3 fully saturated rings. The van der Waals surface area contributed by atoms with Gasteiger partial charge in [-0.2, -0.15) is 28.2 Å². The summed E-state index contributed by atoms with van der Waals surface area (Å²) in [5.41, 5.74) is 8.39. The number of rotatable bonds is 6. The van der Waals surface area contributed by atoms with Gasteiger partial charge in [0, 0.05) is 50.4 Å². The number of nitrogen functional groups attached to an aromatic ring is 1. The normalized spacial score (nSPS) is 24.5. The second kappa shape index (κ2) is 13.1. The quantitative estimate of drug-likeness (QED) is 0.261. The Morgan fingerprint density at radius 1 is 1.08 bits per heavy atom. The molecule has 5 aliphatic rings. The van der Waals surface area contributed by atoms with E-state index in [1.165, 1.54) is 19.1 Å². The Kier molecular flexibility index (Phi) is 8.68. The van der Waals surface area contributed by atoms with Crippen LogP contribution in [0.25, 0.3) is 0 Å². The van der Waals surface area contributed by atoms with Crippen LogP contribution in [0, 0.1) is 6.92 Å². The topological polar surface area (TPSA) is 115 Å². The van der Waals surface area contributed by atoms with Crippen molar-refractivity contribution in [1.29, 1.82) is 0 Å².